The number of benzene rings is 2. The van der Waals surface area contributed by atoms with Gasteiger partial charge in [0.15, 0.2) is 5.96 Å². The molecule has 0 aromatic heterocycles. The number of aliphatic imine (C=N–C) groups is 1. The second-order valence-corrected chi connectivity index (χ2v) is 6.24. The van der Waals surface area contributed by atoms with E-state index in [0.717, 1.165) is 23.8 Å². The van der Waals surface area contributed by atoms with Crippen molar-refractivity contribution in [2.45, 2.75) is 24.8 Å². The highest BCUT2D eigenvalue weighted by Crippen LogP contribution is 2.47. The van der Waals surface area contributed by atoms with Crippen LogP contribution in [0.25, 0.3) is 0 Å². The summed E-state index contributed by atoms with van der Waals surface area (Å²) >= 11 is 0. The number of para-hydroxylation sites is 1. The largest absolute Gasteiger partial charge is 0.496 e. The molecule has 2 N–H and O–H groups in total. The molecule has 1 aliphatic rings. The molecule has 0 heterocycles. The number of nitrogens with zero attached hydrogens (tertiary/aromatic N) is 1. The minimum Gasteiger partial charge on any atom is -0.496 e. The fraction of sp³-hybridized carbons (Fsp3) is 0.350. The second kappa shape index (κ2) is 9.08. The van der Waals surface area contributed by atoms with Gasteiger partial charge in [-0.15, -0.1) is 24.0 Å². The lowest BCUT2D eigenvalue weighted by atomic mass is 9.96. The molecule has 2 aromatic carbocycles. The molecule has 0 radical (unpaired) electrons. The summed E-state index contributed by atoms with van der Waals surface area (Å²) in [4.78, 5) is 4.34. The molecule has 0 spiro atoms. The molecule has 4 nitrogen and oxygen atoms in total. The first kappa shape index (κ1) is 19.6. The summed E-state index contributed by atoms with van der Waals surface area (Å²) in [6, 6.07) is 18.8. The van der Waals surface area contributed by atoms with Crippen molar-refractivity contribution in [2.24, 2.45) is 4.99 Å². The number of guanidine groups is 1. The predicted molar refractivity (Wildman–Crippen MR) is 114 cm³/mol. The average Bonchev–Trinajstić information content (AvgIpc) is 3.44. The lowest BCUT2D eigenvalue weighted by molar-refractivity contribution is 0.409. The van der Waals surface area contributed by atoms with E-state index in [1.807, 2.05) is 18.2 Å². The van der Waals surface area contributed by atoms with Gasteiger partial charge in [0, 0.05) is 31.1 Å². The summed E-state index contributed by atoms with van der Waals surface area (Å²) in [5.74, 6) is 1.71. The van der Waals surface area contributed by atoms with Crippen LogP contribution in [0.5, 0.6) is 5.75 Å². The monoisotopic (exact) mass is 451 g/mol. The van der Waals surface area contributed by atoms with E-state index < -0.39 is 0 Å². The van der Waals surface area contributed by atoms with Crippen molar-refractivity contribution in [2.75, 3.05) is 20.7 Å². The fourth-order valence-electron chi connectivity index (χ4n) is 3.01. The van der Waals surface area contributed by atoms with Gasteiger partial charge in [0.2, 0.25) is 0 Å². The van der Waals surface area contributed by atoms with E-state index in [9.17, 15) is 0 Å². The molecule has 1 saturated carbocycles. The fourth-order valence-corrected chi connectivity index (χ4v) is 3.01. The Kier molecular flexibility index (Phi) is 7.11. The molecular formula is C20H26IN3O. The number of hydrogen-bond acceptors (Lipinski definition) is 2. The molecule has 5 heteroatoms. The average molecular weight is 451 g/mol. The zero-order chi connectivity index (χ0) is 16.8. The maximum Gasteiger partial charge on any atom is 0.191 e. The number of halogens is 1. The lowest BCUT2D eigenvalue weighted by Gasteiger charge is -2.19. The van der Waals surface area contributed by atoms with Crippen LogP contribution in [0.2, 0.25) is 0 Å². The smallest absolute Gasteiger partial charge is 0.191 e. The van der Waals surface area contributed by atoms with Crippen molar-refractivity contribution < 1.29 is 4.74 Å². The molecule has 0 unspecified atom stereocenters. The van der Waals surface area contributed by atoms with Gasteiger partial charge >= 0.3 is 0 Å². The summed E-state index contributed by atoms with van der Waals surface area (Å²) in [6.07, 6.45) is 2.46. The van der Waals surface area contributed by atoms with Gasteiger partial charge in [-0.05, 0) is 24.5 Å². The molecule has 25 heavy (non-hydrogen) atoms. The number of ether oxygens (including phenoxy) is 1. The predicted octanol–water partition coefficient (Wildman–Crippen LogP) is 3.71. The van der Waals surface area contributed by atoms with Gasteiger partial charge in [0.05, 0.1) is 7.11 Å². The molecule has 134 valence electrons. The Hall–Kier alpha value is -1.76. The number of rotatable bonds is 6. The molecule has 0 bridgehead atoms. The van der Waals surface area contributed by atoms with Crippen molar-refractivity contribution in [3.8, 4) is 5.75 Å². The van der Waals surface area contributed by atoms with Crippen LogP contribution < -0.4 is 15.4 Å². The highest BCUT2D eigenvalue weighted by molar-refractivity contribution is 14.0. The SMILES string of the molecule is CN=C(NCc1ccccc1OC)NCC1(c2ccccc2)CC1.I. The number of methoxy groups -OCH3 is 1. The van der Waals surface area contributed by atoms with Crippen molar-refractivity contribution in [3.63, 3.8) is 0 Å². The van der Waals surface area contributed by atoms with E-state index in [0.29, 0.717) is 6.54 Å². The Bertz CT molecular complexity index is 699. The summed E-state index contributed by atoms with van der Waals surface area (Å²) in [5, 5.41) is 6.85. The lowest BCUT2D eigenvalue weighted by Crippen LogP contribution is -2.40. The Morgan fingerprint density at radius 1 is 1.04 bits per heavy atom. The number of nitrogens with one attached hydrogen (secondary N) is 2. The Balaban J connectivity index is 0.00000225. The first-order valence-electron chi connectivity index (χ1n) is 8.39. The van der Waals surface area contributed by atoms with Crippen LogP contribution in [-0.4, -0.2) is 26.7 Å². The van der Waals surface area contributed by atoms with Crippen LogP contribution in [0.15, 0.2) is 59.6 Å². The second-order valence-electron chi connectivity index (χ2n) is 6.24. The standard InChI is InChI=1S/C20H25N3O.HI/c1-21-19(22-14-16-8-6-7-11-18(16)24-2)23-15-20(12-13-20)17-9-4-3-5-10-17;/h3-11H,12-15H2,1-2H3,(H2,21,22,23);1H. The van der Waals surface area contributed by atoms with E-state index >= 15 is 0 Å². The van der Waals surface area contributed by atoms with E-state index in [1.165, 1.54) is 18.4 Å². The van der Waals surface area contributed by atoms with Gasteiger partial charge in [-0.25, -0.2) is 0 Å². The van der Waals surface area contributed by atoms with E-state index in [1.54, 1.807) is 14.2 Å². The summed E-state index contributed by atoms with van der Waals surface area (Å²) in [7, 11) is 3.50. The molecule has 0 aliphatic heterocycles. The van der Waals surface area contributed by atoms with Crippen LogP contribution in [0, 0.1) is 0 Å². The van der Waals surface area contributed by atoms with Crippen LogP contribution in [0.4, 0.5) is 0 Å². The summed E-state index contributed by atoms with van der Waals surface area (Å²) in [5.41, 5.74) is 2.80. The quantitative estimate of drug-likeness (QED) is 0.400. The summed E-state index contributed by atoms with van der Waals surface area (Å²) in [6.45, 7) is 1.59. The van der Waals surface area contributed by atoms with E-state index in [4.69, 9.17) is 4.74 Å². The maximum atomic E-state index is 5.39. The third-order valence-electron chi connectivity index (χ3n) is 4.70. The third-order valence-corrected chi connectivity index (χ3v) is 4.70. The molecule has 1 aliphatic carbocycles. The molecular weight excluding hydrogens is 425 g/mol. The van der Waals surface area contributed by atoms with Crippen LogP contribution in [0.3, 0.4) is 0 Å². The van der Waals surface area contributed by atoms with Crippen LogP contribution >= 0.6 is 24.0 Å². The Morgan fingerprint density at radius 3 is 2.36 bits per heavy atom. The van der Waals surface area contributed by atoms with Crippen molar-refractivity contribution in [1.82, 2.24) is 10.6 Å². The molecule has 0 amide bonds. The molecule has 2 aromatic rings. The highest BCUT2D eigenvalue weighted by atomic mass is 127. The Morgan fingerprint density at radius 2 is 1.72 bits per heavy atom. The molecule has 1 fully saturated rings. The van der Waals surface area contributed by atoms with Gasteiger partial charge in [0.1, 0.15) is 5.75 Å². The zero-order valence-corrected chi connectivity index (χ0v) is 17.1. The van der Waals surface area contributed by atoms with Gasteiger partial charge in [-0.3, -0.25) is 4.99 Å². The minimum atomic E-state index is 0. The van der Waals surface area contributed by atoms with E-state index in [2.05, 4.69) is 52.0 Å². The first-order valence-corrected chi connectivity index (χ1v) is 8.39. The van der Waals surface area contributed by atoms with Gasteiger partial charge in [-0.2, -0.15) is 0 Å². The maximum absolute atomic E-state index is 5.39. The van der Waals surface area contributed by atoms with Gasteiger partial charge in [0.25, 0.3) is 0 Å². The first-order chi connectivity index (χ1) is 11.8. The van der Waals surface area contributed by atoms with Crippen molar-refractivity contribution >= 4 is 29.9 Å². The van der Waals surface area contributed by atoms with Crippen molar-refractivity contribution in [1.29, 1.82) is 0 Å². The number of hydrogen-bond donors (Lipinski definition) is 2. The van der Waals surface area contributed by atoms with Crippen LogP contribution in [0.1, 0.15) is 24.0 Å². The van der Waals surface area contributed by atoms with Crippen LogP contribution in [-0.2, 0) is 12.0 Å². The topological polar surface area (TPSA) is 45.7 Å². The third kappa shape index (κ3) is 4.87. The zero-order valence-electron chi connectivity index (χ0n) is 14.8. The van der Waals surface area contributed by atoms with Crippen molar-refractivity contribution in [3.05, 3.63) is 65.7 Å². The Labute approximate surface area is 167 Å². The van der Waals surface area contributed by atoms with E-state index in [-0.39, 0.29) is 29.4 Å². The minimum absolute atomic E-state index is 0. The highest BCUT2D eigenvalue weighted by Gasteiger charge is 2.43. The summed E-state index contributed by atoms with van der Waals surface area (Å²) < 4.78 is 5.39. The molecule has 0 saturated heterocycles. The van der Waals surface area contributed by atoms with Gasteiger partial charge < -0.3 is 15.4 Å². The normalized spacial score (nSPS) is 15.0. The molecule has 0 atom stereocenters. The molecule has 3 rings (SSSR count). The van der Waals surface area contributed by atoms with Gasteiger partial charge in [-0.1, -0.05) is 48.5 Å².